The van der Waals surface area contributed by atoms with Gasteiger partial charge < -0.3 is 20.9 Å². The molecule has 0 aliphatic carbocycles. The lowest BCUT2D eigenvalue weighted by molar-refractivity contribution is -0.124. The molecule has 1 aromatic rings. The van der Waals surface area contributed by atoms with Crippen LogP contribution in [0.15, 0.2) is 18.2 Å². The van der Waals surface area contributed by atoms with Crippen molar-refractivity contribution >= 4 is 5.91 Å². The van der Waals surface area contributed by atoms with Gasteiger partial charge >= 0.3 is 0 Å². The Kier molecular flexibility index (Phi) is 5.63. The van der Waals surface area contributed by atoms with E-state index in [1.807, 2.05) is 19.9 Å². The third-order valence-electron chi connectivity index (χ3n) is 2.77. The normalized spacial score (nSPS) is 13.7. The SMILES string of the molecule is CCC(Oc1ccc(OC)cc1CC(C)N)C(N)=O. The molecule has 0 spiro atoms. The summed E-state index contributed by atoms with van der Waals surface area (Å²) in [6.07, 6.45) is 0.543. The molecule has 1 aromatic carbocycles. The van der Waals surface area contributed by atoms with Crippen LogP contribution in [0.5, 0.6) is 11.5 Å². The number of rotatable bonds is 7. The maximum Gasteiger partial charge on any atom is 0.258 e. The van der Waals surface area contributed by atoms with Crippen LogP contribution < -0.4 is 20.9 Å². The van der Waals surface area contributed by atoms with Gasteiger partial charge in [-0.2, -0.15) is 0 Å². The number of methoxy groups -OCH3 is 1. The Bertz CT molecular complexity index is 433. The summed E-state index contributed by atoms with van der Waals surface area (Å²) in [6.45, 7) is 3.76. The Hall–Kier alpha value is -1.75. The minimum atomic E-state index is -0.625. The number of hydrogen-bond donors (Lipinski definition) is 2. The standard InChI is InChI=1S/C14H22N2O3/c1-4-12(14(16)17)19-13-6-5-11(18-3)8-10(13)7-9(2)15/h5-6,8-9,12H,4,7,15H2,1-3H3,(H2,16,17). The Morgan fingerprint density at radius 3 is 2.58 bits per heavy atom. The lowest BCUT2D eigenvalue weighted by Gasteiger charge is -2.18. The summed E-state index contributed by atoms with van der Waals surface area (Å²) < 4.78 is 10.9. The van der Waals surface area contributed by atoms with E-state index >= 15 is 0 Å². The van der Waals surface area contributed by atoms with Crippen LogP contribution in [-0.2, 0) is 11.2 Å². The van der Waals surface area contributed by atoms with E-state index in [0.717, 1.165) is 11.3 Å². The second kappa shape index (κ2) is 6.99. The smallest absolute Gasteiger partial charge is 0.258 e. The van der Waals surface area contributed by atoms with E-state index < -0.39 is 12.0 Å². The molecule has 106 valence electrons. The minimum Gasteiger partial charge on any atom is -0.497 e. The van der Waals surface area contributed by atoms with E-state index in [4.69, 9.17) is 20.9 Å². The first kappa shape index (κ1) is 15.3. The molecule has 0 aromatic heterocycles. The summed E-state index contributed by atoms with van der Waals surface area (Å²) in [5.41, 5.74) is 12.0. The Labute approximate surface area is 113 Å². The minimum absolute atomic E-state index is 0.0110. The second-order valence-electron chi connectivity index (χ2n) is 4.57. The molecule has 0 bridgehead atoms. The average molecular weight is 266 g/mol. The van der Waals surface area contributed by atoms with Crippen molar-refractivity contribution in [3.63, 3.8) is 0 Å². The first-order valence-corrected chi connectivity index (χ1v) is 6.36. The number of carbonyl (C=O) groups is 1. The van der Waals surface area contributed by atoms with Gasteiger partial charge in [0.25, 0.3) is 5.91 Å². The van der Waals surface area contributed by atoms with Gasteiger partial charge in [-0.1, -0.05) is 6.92 Å². The number of carbonyl (C=O) groups excluding carboxylic acids is 1. The monoisotopic (exact) mass is 266 g/mol. The maximum absolute atomic E-state index is 11.2. The van der Waals surface area contributed by atoms with Gasteiger partial charge in [0.05, 0.1) is 7.11 Å². The van der Waals surface area contributed by atoms with E-state index in [9.17, 15) is 4.79 Å². The largest absolute Gasteiger partial charge is 0.497 e. The summed E-state index contributed by atoms with van der Waals surface area (Å²) in [6, 6.07) is 5.42. The van der Waals surface area contributed by atoms with Crippen LogP contribution in [0.25, 0.3) is 0 Å². The van der Waals surface area contributed by atoms with Crippen LogP contribution in [-0.4, -0.2) is 25.2 Å². The van der Waals surface area contributed by atoms with Gasteiger partial charge in [0, 0.05) is 6.04 Å². The Balaban J connectivity index is 3.00. The molecular weight excluding hydrogens is 244 g/mol. The molecule has 0 radical (unpaired) electrons. The molecule has 0 heterocycles. The molecule has 0 saturated heterocycles. The first-order valence-electron chi connectivity index (χ1n) is 6.36. The lowest BCUT2D eigenvalue weighted by atomic mass is 10.1. The molecule has 1 amide bonds. The predicted octanol–water partition coefficient (Wildman–Crippen LogP) is 1.23. The quantitative estimate of drug-likeness (QED) is 0.777. The summed E-state index contributed by atoms with van der Waals surface area (Å²) in [5, 5.41) is 0. The van der Waals surface area contributed by atoms with Crippen molar-refractivity contribution in [3.8, 4) is 11.5 Å². The van der Waals surface area contributed by atoms with Gasteiger partial charge in [-0.3, -0.25) is 4.79 Å². The van der Waals surface area contributed by atoms with Gasteiger partial charge in [-0.15, -0.1) is 0 Å². The lowest BCUT2D eigenvalue weighted by Crippen LogP contribution is -2.33. The highest BCUT2D eigenvalue weighted by molar-refractivity contribution is 5.79. The molecule has 5 nitrogen and oxygen atoms in total. The fourth-order valence-electron chi connectivity index (χ4n) is 1.80. The maximum atomic E-state index is 11.2. The zero-order valence-corrected chi connectivity index (χ0v) is 11.7. The molecule has 2 unspecified atom stereocenters. The number of benzene rings is 1. The van der Waals surface area contributed by atoms with E-state index in [2.05, 4.69) is 0 Å². The number of hydrogen-bond acceptors (Lipinski definition) is 4. The zero-order chi connectivity index (χ0) is 14.4. The fraction of sp³-hybridized carbons (Fsp3) is 0.500. The molecule has 1 rings (SSSR count). The van der Waals surface area contributed by atoms with Crippen molar-refractivity contribution < 1.29 is 14.3 Å². The van der Waals surface area contributed by atoms with Crippen molar-refractivity contribution in [2.45, 2.75) is 38.8 Å². The molecule has 19 heavy (non-hydrogen) atoms. The number of ether oxygens (including phenoxy) is 2. The predicted molar refractivity (Wildman–Crippen MR) is 74.2 cm³/mol. The van der Waals surface area contributed by atoms with Crippen LogP contribution in [0.4, 0.5) is 0 Å². The molecule has 5 heteroatoms. The third kappa shape index (κ3) is 4.44. The molecule has 0 saturated carbocycles. The highest BCUT2D eigenvalue weighted by Crippen LogP contribution is 2.26. The van der Waals surface area contributed by atoms with Crippen molar-refractivity contribution in [2.75, 3.05) is 7.11 Å². The summed E-state index contributed by atoms with van der Waals surface area (Å²) in [5.74, 6) is 0.893. The fourth-order valence-corrected chi connectivity index (χ4v) is 1.80. The summed E-state index contributed by atoms with van der Waals surface area (Å²) >= 11 is 0. The van der Waals surface area contributed by atoms with Crippen LogP contribution >= 0.6 is 0 Å². The number of primary amides is 1. The third-order valence-corrected chi connectivity index (χ3v) is 2.77. The molecular formula is C14H22N2O3. The van der Waals surface area contributed by atoms with Gasteiger partial charge in [0.15, 0.2) is 6.10 Å². The van der Waals surface area contributed by atoms with Crippen LogP contribution in [0, 0.1) is 0 Å². The Morgan fingerprint density at radius 2 is 2.11 bits per heavy atom. The van der Waals surface area contributed by atoms with Crippen molar-refractivity contribution in [1.29, 1.82) is 0 Å². The summed E-state index contributed by atoms with van der Waals surface area (Å²) in [4.78, 5) is 11.2. The van der Waals surface area contributed by atoms with Crippen LogP contribution in [0.1, 0.15) is 25.8 Å². The Morgan fingerprint density at radius 1 is 1.42 bits per heavy atom. The molecule has 2 atom stereocenters. The molecule has 4 N–H and O–H groups in total. The summed E-state index contributed by atoms with van der Waals surface area (Å²) in [7, 11) is 1.60. The van der Waals surface area contributed by atoms with E-state index in [0.29, 0.717) is 18.6 Å². The van der Waals surface area contributed by atoms with E-state index in [-0.39, 0.29) is 6.04 Å². The van der Waals surface area contributed by atoms with Gasteiger partial charge in [0.1, 0.15) is 11.5 Å². The highest BCUT2D eigenvalue weighted by atomic mass is 16.5. The van der Waals surface area contributed by atoms with Gasteiger partial charge in [-0.25, -0.2) is 0 Å². The first-order chi connectivity index (χ1) is 8.97. The van der Waals surface area contributed by atoms with Crippen molar-refractivity contribution in [1.82, 2.24) is 0 Å². The van der Waals surface area contributed by atoms with Crippen LogP contribution in [0.2, 0.25) is 0 Å². The number of amides is 1. The van der Waals surface area contributed by atoms with Crippen LogP contribution in [0.3, 0.4) is 0 Å². The van der Waals surface area contributed by atoms with Gasteiger partial charge in [0.2, 0.25) is 0 Å². The van der Waals surface area contributed by atoms with Gasteiger partial charge in [-0.05, 0) is 43.5 Å². The van der Waals surface area contributed by atoms with Crippen molar-refractivity contribution in [3.05, 3.63) is 23.8 Å². The second-order valence-corrected chi connectivity index (χ2v) is 4.57. The molecule has 0 fully saturated rings. The average Bonchev–Trinajstić information content (AvgIpc) is 2.36. The molecule has 0 aliphatic heterocycles. The number of nitrogens with two attached hydrogens (primary N) is 2. The topological polar surface area (TPSA) is 87.6 Å². The highest BCUT2D eigenvalue weighted by Gasteiger charge is 2.17. The zero-order valence-electron chi connectivity index (χ0n) is 11.7. The van der Waals surface area contributed by atoms with E-state index in [1.54, 1.807) is 19.2 Å². The molecule has 0 aliphatic rings. The van der Waals surface area contributed by atoms with E-state index in [1.165, 1.54) is 0 Å². The van der Waals surface area contributed by atoms with Crippen molar-refractivity contribution in [2.24, 2.45) is 11.5 Å².